The first-order valence-corrected chi connectivity index (χ1v) is 11.8. The van der Waals surface area contributed by atoms with Gasteiger partial charge in [-0.15, -0.1) is 0 Å². The fourth-order valence-electron chi connectivity index (χ4n) is 4.50. The summed E-state index contributed by atoms with van der Waals surface area (Å²) in [6.07, 6.45) is 3.77. The van der Waals surface area contributed by atoms with Gasteiger partial charge >= 0.3 is 0 Å². The van der Waals surface area contributed by atoms with Gasteiger partial charge in [0.25, 0.3) is 0 Å². The summed E-state index contributed by atoms with van der Waals surface area (Å²) in [5.41, 5.74) is 3.59. The third kappa shape index (κ3) is 3.57. The molecule has 0 aliphatic carbocycles. The van der Waals surface area contributed by atoms with E-state index < -0.39 is 0 Å². The van der Waals surface area contributed by atoms with Crippen LogP contribution in [0.4, 0.5) is 5.69 Å². The summed E-state index contributed by atoms with van der Waals surface area (Å²) in [6, 6.07) is 20.8. The van der Waals surface area contributed by atoms with Gasteiger partial charge in [0.2, 0.25) is 6.79 Å². The summed E-state index contributed by atoms with van der Waals surface area (Å²) in [6.45, 7) is 0.208. The molecule has 2 aliphatic heterocycles. The minimum absolute atomic E-state index is 0.196. The second kappa shape index (κ2) is 8.51. The highest BCUT2D eigenvalue weighted by Crippen LogP contribution is 2.45. The van der Waals surface area contributed by atoms with Crippen LogP contribution in [0.2, 0.25) is 10.0 Å². The quantitative estimate of drug-likeness (QED) is 0.337. The standard InChI is InChI=1S/C25H18Cl2N4O2S/c26-15-6-8-19(17(27)12-15)30-11-3-5-20(30)24-23(18-4-1-2-10-28-18)29-25(34)31(24)16-7-9-21-22(13-16)33-14-32-21/h1-13,23-24H,14H2,(H,29,34)/t23-,24-/m1/s1. The first-order chi connectivity index (χ1) is 16.6. The van der Waals surface area contributed by atoms with Gasteiger partial charge in [-0.1, -0.05) is 29.3 Å². The lowest BCUT2D eigenvalue weighted by atomic mass is 10.0. The van der Waals surface area contributed by atoms with Crippen molar-refractivity contribution in [3.63, 3.8) is 0 Å². The molecule has 0 unspecified atom stereocenters. The lowest BCUT2D eigenvalue weighted by Gasteiger charge is -2.29. The molecule has 6 rings (SSSR count). The SMILES string of the molecule is S=C1N[C@H](c2ccccn2)[C@@H](c2cccn2-c2ccc(Cl)cc2Cl)N1c1ccc2c(c1)OCO2. The number of fused-ring (bicyclic) bond motifs is 1. The van der Waals surface area contributed by atoms with Gasteiger partial charge in [-0.2, -0.15) is 0 Å². The normalized spacial score (nSPS) is 18.9. The second-order valence-corrected chi connectivity index (χ2v) is 9.16. The third-order valence-electron chi connectivity index (χ3n) is 5.99. The topological polar surface area (TPSA) is 51.6 Å². The van der Waals surface area contributed by atoms with Crippen LogP contribution in [0.1, 0.15) is 23.5 Å². The number of halogens is 2. The third-order valence-corrected chi connectivity index (χ3v) is 6.84. The molecule has 1 fully saturated rings. The van der Waals surface area contributed by atoms with Crippen molar-refractivity contribution in [3.05, 3.63) is 101 Å². The molecule has 0 bridgehead atoms. The Bertz CT molecular complexity index is 1390. The zero-order chi connectivity index (χ0) is 23.2. The molecule has 0 radical (unpaired) electrons. The molecule has 6 nitrogen and oxygen atoms in total. The number of rotatable bonds is 4. The molecule has 4 heterocycles. The van der Waals surface area contributed by atoms with E-state index in [-0.39, 0.29) is 18.9 Å². The fourth-order valence-corrected chi connectivity index (χ4v) is 5.35. The van der Waals surface area contributed by atoms with Crippen LogP contribution < -0.4 is 19.7 Å². The molecule has 9 heteroatoms. The number of anilines is 1. The van der Waals surface area contributed by atoms with Gasteiger partial charge in [0.1, 0.15) is 6.04 Å². The van der Waals surface area contributed by atoms with Crippen molar-refractivity contribution in [1.29, 1.82) is 0 Å². The molecule has 1 N–H and O–H groups in total. The van der Waals surface area contributed by atoms with E-state index in [1.54, 1.807) is 12.3 Å². The molecule has 34 heavy (non-hydrogen) atoms. The molecule has 0 amide bonds. The largest absolute Gasteiger partial charge is 0.454 e. The molecule has 170 valence electrons. The van der Waals surface area contributed by atoms with Gasteiger partial charge < -0.3 is 24.3 Å². The maximum Gasteiger partial charge on any atom is 0.231 e. The Labute approximate surface area is 211 Å². The average molecular weight is 509 g/mol. The van der Waals surface area contributed by atoms with Crippen molar-refractivity contribution in [2.75, 3.05) is 11.7 Å². The molecule has 2 aromatic carbocycles. The number of nitrogens with one attached hydrogen (secondary N) is 1. The summed E-state index contributed by atoms with van der Waals surface area (Å²) in [5, 5.41) is 5.22. The number of ether oxygens (including phenoxy) is 2. The number of nitrogens with zero attached hydrogens (tertiary/aromatic N) is 3. The Morgan fingerprint density at radius 1 is 0.971 bits per heavy atom. The minimum Gasteiger partial charge on any atom is -0.454 e. The number of hydrogen-bond acceptors (Lipinski definition) is 4. The molecule has 2 aliphatic rings. The van der Waals surface area contributed by atoms with Gasteiger partial charge in [0.05, 0.1) is 22.4 Å². The van der Waals surface area contributed by atoms with Gasteiger partial charge in [0.15, 0.2) is 16.6 Å². The maximum atomic E-state index is 6.60. The highest BCUT2D eigenvalue weighted by atomic mass is 35.5. The van der Waals surface area contributed by atoms with Crippen molar-refractivity contribution in [2.45, 2.75) is 12.1 Å². The molecule has 1 saturated heterocycles. The summed E-state index contributed by atoms with van der Waals surface area (Å²) < 4.78 is 13.2. The van der Waals surface area contributed by atoms with E-state index in [4.69, 9.17) is 44.9 Å². The van der Waals surface area contributed by atoms with Crippen LogP contribution >= 0.6 is 35.4 Å². The predicted molar refractivity (Wildman–Crippen MR) is 136 cm³/mol. The zero-order valence-electron chi connectivity index (χ0n) is 17.7. The van der Waals surface area contributed by atoms with E-state index in [2.05, 4.69) is 25.8 Å². The van der Waals surface area contributed by atoms with Crippen molar-refractivity contribution >= 4 is 46.2 Å². The smallest absolute Gasteiger partial charge is 0.231 e. The molecule has 2 atom stereocenters. The summed E-state index contributed by atoms with van der Waals surface area (Å²) in [7, 11) is 0. The summed E-state index contributed by atoms with van der Waals surface area (Å²) in [5.74, 6) is 1.41. The predicted octanol–water partition coefficient (Wildman–Crippen LogP) is 6.08. The van der Waals surface area contributed by atoms with E-state index >= 15 is 0 Å². The van der Waals surface area contributed by atoms with Crippen LogP contribution in [-0.2, 0) is 0 Å². The molecular weight excluding hydrogens is 491 g/mol. The lowest BCUT2D eigenvalue weighted by molar-refractivity contribution is 0.174. The zero-order valence-corrected chi connectivity index (χ0v) is 20.0. The van der Waals surface area contributed by atoms with Gasteiger partial charge in [-0.3, -0.25) is 4.98 Å². The Kier molecular flexibility index (Phi) is 5.32. The van der Waals surface area contributed by atoms with E-state index in [1.165, 1.54) is 0 Å². The summed E-state index contributed by atoms with van der Waals surface area (Å²) in [4.78, 5) is 6.72. The van der Waals surface area contributed by atoms with Gasteiger partial charge in [-0.05, 0) is 66.8 Å². The Morgan fingerprint density at radius 2 is 1.85 bits per heavy atom. The van der Waals surface area contributed by atoms with Crippen molar-refractivity contribution in [3.8, 4) is 17.2 Å². The van der Waals surface area contributed by atoms with Crippen LogP contribution in [0.15, 0.2) is 79.1 Å². The van der Waals surface area contributed by atoms with Crippen molar-refractivity contribution < 1.29 is 9.47 Å². The highest BCUT2D eigenvalue weighted by molar-refractivity contribution is 7.80. The lowest BCUT2D eigenvalue weighted by Crippen LogP contribution is -2.30. The number of pyridine rings is 1. The van der Waals surface area contributed by atoms with Gasteiger partial charge in [-0.25, -0.2) is 0 Å². The fraction of sp³-hybridized carbons (Fsp3) is 0.120. The Balaban J connectivity index is 1.51. The number of aromatic nitrogens is 2. The van der Waals surface area contributed by atoms with Crippen LogP contribution in [-0.4, -0.2) is 21.5 Å². The first-order valence-electron chi connectivity index (χ1n) is 10.6. The number of thiocarbonyl (C=S) groups is 1. The Hall–Kier alpha value is -3.26. The van der Waals surface area contributed by atoms with Crippen LogP contribution in [0, 0.1) is 0 Å². The summed E-state index contributed by atoms with van der Waals surface area (Å²) >= 11 is 18.6. The van der Waals surface area contributed by atoms with Crippen molar-refractivity contribution in [2.24, 2.45) is 0 Å². The second-order valence-electron chi connectivity index (χ2n) is 7.93. The van der Waals surface area contributed by atoms with E-state index in [0.717, 1.165) is 28.5 Å². The van der Waals surface area contributed by atoms with Crippen LogP contribution in [0.25, 0.3) is 5.69 Å². The maximum absolute atomic E-state index is 6.60. The molecule has 0 saturated carbocycles. The number of benzene rings is 2. The van der Waals surface area contributed by atoms with E-state index in [0.29, 0.717) is 20.9 Å². The molecule has 2 aromatic heterocycles. The van der Waals surface area contributed by atoms with Gasteiger partial charge in [0, 0.05) is 34.9 Å². The Morgan fingerprint density at radius 3 is 2.68 bits per heavy atom. The average Bonchev–Trinajstić information content (AvgIpc) is 3.57. The monoisotopic (exact) mass is 508 g/mol. The molecule has 4 aromatic rings. The first kappa shape index (κ1) is 21.3. The van der Waals surface area contributed by atoms with E-state index in [1.807, 2.05) is 60.8 Å². The van der Waals surface area contributed by atoms with Crippen LogP contribution in [0.5, 0.6) is 11.5 Å². The van der Waals surface area contributed by atoms with Crippen molar-refractivity contribution in [1.82, 2.24) is 14.9 Å². The van der Waals surface area contributed by atoms with Crippen LogP contribution in [0.3, 0.4) is 0 Å². The molecule has 0 spiro atoms. The number of hydrogen-bond donors (Lipinski definition) is 1. The highest BCUT2D eigenvalue weighted by Gasteiger charge is 2.42. The minimum atomic E-state index is -0.218. The van der Waals surface area contributed by atoms with E-state index in [9.17, 15) is 0 Å². The molecular formula is C25H18Cl2N4O2S.